The summed E-state index contributed by atoms with van der Waals surface area (Å²) in [7, 11) is 1.98. The molecule has 4 heteroatoms. The normalized spacial score (nSPS) is 22.1. The van der Waals surface area contributed by atoms with Gasteiger partial charge in [0.05, 0.1) is 12.2 Å². The van der Waals surface area contributed by atoms with Gasteiger partial charge in [-0.1, -0.05) is 20.8 Å². The maximum Gasteiger partial charge on any atom is 0.0538 e. The highest BCUT2D eigenvalue weighted by Crippen LogP contribution is 2.41. The first kappa shape index (κ1) is 15.5. The summed E-state index contributed by atoms with van der Waals surface area (Å²) < 4.78 is 1.88. The third-order valence-electron chi connectivity index (χ3n) is 5.30. The van der Waals surface area contributed by atoms with Crippen molar-refractivity contribution >= 4 is 0 Å². The Balaban J connectivity index is 2.21. The van der Waals surface area contributed by atoms with Crippen molar-refractivity contribution in [3.63, 3.8) is 0 Å². The molecule has 2 atom stereocenters. The summed E-state index contributed by atoms with van der Waals surface area (Å²) in [5, 5.41) is 4.34. The van der Waals surface area contributed by atoms with Gasteiger partial charge in [-0.2, -0.15) is 5.10 Å². The average Bonchev–Trinajstić information content (AvgIpc) is 3.07. The van der Waals surface area contributed by atoms with Crippen LogP contribution in [0, 0.1) is 5.41 Å². The lowest BCUT2D eigenvalue weighted by Crippen LogP contribution is -2.40. The highest BCUT2D eigenvalue weighted by Gasteiger charge is 2.39. The van der Waals surface area contributed by atoms with E-state index >= 15 is 0 Å². The topological polar surface area (TPSA) is 47.1 Å². The van der Waals surface area contributed by atoms with E-state index in [0.717, 1.165) is 13.0 Å². The number of nitrogens with two attached hydrogens (primary N) is 1. The smallest absolute Gasteiger partial charge is 0.0538 e. The Kier molecular flexibility index (Phi) is 4.86. The van der Waals surface area contributed by atoms with Gasteiger partial charge in [-0.3, -0.25) is 9.58 Å². The van der Waals surface area contributed by atoms with Gasteiger partial charge >= 0.3 is 0 Å². The molecule has 1 saturated heterocycles. The lowest BCUT2D eigenvalue weighted by molar-refractivity contribution is 0.172. The van der Waals surface area contributed by atoms with E-state index in [0.29, 0.717) is 11.5 Å². The summed E-state index contributed by atoms with van der Waals surface area (Å²) in [6.45, 7) is 9.16. The largest absolute Gasteiger partial charge is 0.326 e. The van der Waals surface area contributed by atoms with Crippen LogP contribution in [0.3, 0.4) is 0 Å². The Bertz CT molecular complexity index is 422. The zero-order valence-electron chi connectivity index (χ0n) is 13.5. The van der Waals surface area contributed by atoms with Crippen molar-refractivity contribution < 1.29 is 0 Å². The lowest BCUT2D eigenvalue weighted by atomic mass is 9.82. The third kappa shape index (κ3) is 2.91. The molecule has 2 heterocycles. The van der Waals surface area contributed by atoms with E-state index in [4.69, 9.17) is 5.73 Å². The van der Waals surface area contributed by atoms with Crippen molar-refractivity contribution in [1.29, 1.82) is 0 Å². The van der Waals surface area contributed by atoms with Crippen molar-refractivity contribution in [2.75, 3.05) is 13.1 Å². The summed E-state index contributed by atoms with van der Waals surface area (Å²) in [6, 6.07) is 0.498. The predicted molar refractivity (Wildman–Crippen MR) is 83.4 cm³/mol. The molecule has 1 aliphatic rings. The van der Waals surface area contributed by atoms with Crippen molar-refractivity contribution in [2.45, 2.75) is 58.5 Å². The van der Waals surface area contributed by atoms with Gasteiger partial charge in [0.1, 0.15) is 0 Å². The Morgan fingerprint density at radius 3 is 2.50 bits per heavy atom. The fourth-order valence-electron chi connectivity index (χ4n) is 3.58. The second-order valence-corrected chi connectivity index (χ2v) is 6.39. The number of nitrogens with zero attached hydrogens (tertiary/aromatic N) is 3. The first-order chi connectivity index (χ1) is 9.55. The van der Waals surface area contributed by atoms with E-state index < -0.39 is 0 Å². The van der Waals surface area contributed by atoms with Crippen molar-refractivity contribution in [2.24, 2.45) is 18.2 Å². The molecule has 0 aliphatic carbocycles. The zero-order chi connectivity index (χ0) is 14.8. The second-order valence-electron chi connectivity index (χ2n) is 6.39. The van der Waals surface area contributed by atoms with Gasteiger partial charge in [0.15, 0.2) is 0 Å². The molecule has 0 amide bonds. The molecule has 20 heavy (non-hydrogen) atoms. The van der Waals surface area contributed by atoms with Crippen LogP contribution in [0.5, 0.6) is 0 Å². The molecule has 4 nitrogen and oxygen atoms in total. The maximum atomic E-state index is 6.43. The van der Waals surface area contributed by atoms with E-state index in [9.17, 15) is 0 Å². The van der Waals surface area contributed by atoms with E-state index in [1.54, 1.807) is 0 Å². The van der Waals surface area contributed by atoms with Crippen LogP contribution in [0.15, 0.2) is 12.4 Å². The molecule has 2 rings (SSSR count). The molecule has 0 spiro atoms. The van der Waals surface area contributed by atoms with Crippen molar-refractivity contribution in [1.82, 2.24) is 14.7 Å². The summed E-state index contributed by atoms with van der Waals surface area (Å²) in [5.41, 5.74) is 8.19. The van der Waals surface area contributed by atoms with E-state index in [2.05, 4.69) is 37.0 Å². The predicted octanol–water partition coefficient (Wildman–Crippen LogP) is 2.71. The Labute approximate surface area is 123 Å². The monoisotopic (exact) mass is 278 g/mol. The molecule has 0 aromatic carbocycles. The average molecular weight is 278 g/mol. The SMILES string of the molecule is CCC(N)C(c1cnn(C)c1)N1CCC(CC)(CC)C1. The molecule has 1 aromatic rings. The molecule has 2 N–H and O–H groups in total. The Morgan fingerprint density at radius 2 is 2.05 bits per heavy atom. The van der Waals surface area contributed by atoms with Gasteiger partial charge in [0.25, 0.3) is 0 Å². The van der Waals surface area contributed by atoms with Crippen molar-refractivity contribution in [3.05, 3.63) is 18.0 Å². The fourth-order valence-corrected chi connectivity index (χ4v) is 3.58. The summed E-state index contributed by atoms with van der Waals surface area (Å²) in [5.74, 6) is 0. The minimum atomic E-state index is 0.184. The summed E-state index contributed by atoms with van der Waals surface area (Å²) in [4.78, 5) is 2.60. The van der Waals surface area contributed by atoms with Crippen LogP contribution >= 0.6 is 0 Å². The standard InChI is InChI=1S/C16H30N4/c1-5-14(17)15(13-10-18-19(4)11-13)20-9-8-16(6-2,7-3)12-20/h10-11,14-15H,5-9,12,17H2,1-4H3. The maximum absolute atomic E-state index is 6.43. The van der Waals surface area contributed by atoms with Crippen LogP contribution in [0.1, 0.15) is 58.1 Å². The molecule has 0 bridgehead atoms. The van der Waals surface area contributed by atoms with Gasteiger partial charge in [0, 0.05) is 31.4 Å². The van der Waals surface area contributed by atoms with Crippen LogP contribution in [0.2, 0.25) is 0 Å². The van der Waals surface area contributed by atoms with E-state index in [1.165, 1.54) is 31.4 Å². The van der Waals surface area contributed by atoms with Gasteiger partial charge in [0.2, 0.25) is 0 Å². The minimum absolute atomic E-state index is 0.184. The number of aryl methyl sites for hydroxylation is 1. The molecule has 2 unspecified atom stereocenters. The zero-order valence-corrected chi connectivity index (χ0v) is 13.5. The minimum Gasteiger partial charge on any atom is -0.326 e. The van der Waals surface area contributed by atoms with E-state index in [-0.39, 0.29) is 6.04 Å². The van der Waals surface area contributed by atoms with Gasteiger partial charge in [-0.15, -0.1) is 0 Å². The Morgan fingerprint density at radius 1 is 1.35 bits per heavy atom. The molecule has 114 valence electrons. The lowest BCUT2D eigenvalue weighted by Gasteiger charge is -2.34. The molecule has 0 saturated carbocycles. The number of likely N-dealkylation sites (tertiary alicyclic amines) is 1. The molecule has 1 aliphatic heterocycles. The van der Waals surface area contributed by atoms with Crippen LogP contribution in [0.25, 0.3) is 0 Å². The van der Waals surface area contributed by atoms with Crippen LogP contribution < -0.4 is 5.73 Å². The number of rotatable bonds is 6. The first-order valence-corrected chi connectivity index (χ1v) is 8.03. The molecule has 1 aromatic heterocycles. The second kappa shape index (κ2) is 6.27. The first-order valence-electron chi connectivity index (χ1n) is 8.03. The number of hydrogen-bond donors (Lipinski definition) is 1. The Hall–Kier alpha value is -0.870. The number of hydrogen-bond acceptors (Lipinski definition) is 3. The van der Waals surface area contributed by atoms with Gasteiger partial charge < -0.3 is 5.73 Å². The van der Waals surface area contributed by atoms with Crippen LogP contribution in [-0.4, -0.2) is 33.8 Å². The van der Waals surface area contributed by atoms with Crippen LogP contribution in [-0.2, 0) is 7.05 Å². The molecular formula is C16H30N4. The molecular weight excluding hydrogens is 248 g/mol. The van der Waals surface area contributed by atoms with Gasteiger partial charge in [-0.05, 0) is 37.6 Å². The highest BCUT2D eigenvalue weighted by molar-refractivity contribution is 5.14. The highest BCUT2D eigenvalue weighted by atomic mass is 15.3. The molecule has 1 fully saturated rings. The fraction of sp³-hybridized carbons (Fsp3) is 0.812. The summed E-state index contributed by atoms with van der Waals surface area (Å²) in [6.07, 6.45) is 8.94. The summed E-state index contributed by atoms with van der Waals surface area (Å²) >= 11 is 0. The quantitative estimate of drug-likeness (QED) is 0.870. The van der Waals surface area contributed by atoms with Gasteiger partial charge in [-0.25, -0.2) is 0 Å². The van der Waals surface area contributed by atoms with Crippen molar-refractivity contribution in [3.8, 4) is 0 Å². The van der Waals surface area contributed by atoms with E-state index in [1.807, 2.05) is 17.9 Å². The third-order valence-corrected chi connectivity index (χ3v) is 5.30. The molecule has 0 radical (unpaired) electrons. The number of aromatic nitrogens is 2. The van der Waals surface area contributed by atoms with Crippen LogP contribution in [0.4, 0.5) is 0 Å².